The lowest BCUT2D eigenvalue weighted by Crippen LogP contribution is -2.10. The van der Waals surface area contributed by atoms with Crippen LogP contribution in [0.5, 0.6) is 5.75 Å². The monoisotopic (exact) mass is 347 g/mol. The van der Waals surface area contributed by atoms with E-state index in [-0.39, 0.29) is 30.0 Å². The maximum absolute atomic E-state index is 11.0. The van der Waals surface area contributed by atoms with Gasteiger partial charge in [-0.25, -0.2) is 0 Å². The largest absolute Gasteiger partial charge is 0.486 e. The summed E-state index contributed by atoms with van der Waals surface area (Å²) in [6.45, 7) is 1.40. The van der Waals surface area contributed by atoms with Crippen LogP contribution in [-0.2, 0) is 9.53 Å². The smallest absolute Gasteiger partial charge is 0.312 e. The Morgan fingerprint density at radius 2 is 2.20 bits per heavy atom. The molecular weight excluding hydrogens is 334 g/mol. The van der Waals surface area contributed by atoms with Crippen LogP contribution in [0.1, 0.15) is 25.0 Å². The Morgan fingerprint density at radius 3 is 2.70 bits per heavy atom. The van der Waals surface area contributed by atoms with E-state index in [2.05, 4.69) is 20.7 Å². The molecule has 0 radical (unpaired) electrons. The number of nitro groups is 1. The highest BCUT2D eigenvalue weighted by molar-refractivity contribution is 9.10. The van der Waals surface area contributed by atoms with Crippen LogP contribution in [0.3, 0.4) is 0 Å². The lowest BCUT2D eigenvalue weighted by Gasteiger charge is -2.14. The Hall–Kier alpha value is -1.67. The van der Waals surface area contributed by atoms with Crippen molar-refractivity contribution >= 4 is 27.6 Å². The van der Waals surface area contributed by atoms with Crippen LogP contribution in [0, 0.1) is 10.1 Å². The molecule has 1 aromatic rings. The fourth-order valence-electron chi connectivity index (χ4n) is 1.54. The number of hydrogen-bond donors (Lipinski definition) is 1. The summed E-state index contributed by atoms with van der Waals surface area (Å²) < 4.78 is 10.2. The van der Waals surface area contributed by atoms with Crippen LogP contribution in [0.4, 0.5) is 5.69 Å². The average molecular weight is 348 g/mol. The molecule has 20 heavy (non-hydrogen) atoms. The molecule has 0 bridgehead atoms. The van der Waals surface area contributed by atoms with E-state index < -0.39 is 17.0 Å². The number of nitrogens with zero attached hydrogens (tertiary/aromatic N) is 1. The van der Waals surface area contributed by atoms with Crippen LogP contribution < -0.4 is 4.74 Å². The van der Waals surface area contributed by atoms with Gasteiger partial charge in [-0.1, -0.05) is 15.9 Å². The highest BCUT2D eigenvalue weighted by Gasteiger charge is 2.23. The second-order valence-corrected chi connectivity index (χ2v) is 4.87. The number of methoxy groups -OCH3 is 1. The number of carbonyl (C=O) groups is 1. The number of esters is 1. The van der Waals surface area contributed by atoms with Crippen molar-refractivity contribution < 1.29 is 24.3 Å². The van der Waals surface area contributed by atoms with Gasteiger partial charge < -0.3 is 14.6 Å². The van der Waals surface area contributed by atoms with Gasteiger partial charge in [0.15, 0.2) is 0 Å². The maximum Gasteiger partial charge on any atom is 0.312 e. The number of halogens is 1. The van der Waals surface area contributed by atoms with Gasteiger partial charge >= 0.3 is 11.7 Å². The first-order valence-electron chi connectivity index (χ1n) is 5.72. The van der Waals surface area contributed by atoms with Gasteiger partial charge in [0.05, 0.1) is 31.2 Å². The fourth-order valence-corrected chi connectivity index (χ4v) is 2.00. The Bertz CT molecular complexity index is 517. The van der Waals surface area contributed by atoms with E-state index in [1.54, 1.807) is 0 Å². The SMILES string of the molecule is COC(=O)CCOc1c([C@@H](C)O)cc(Br)cc1[N+](=O)[O-]. The van der Waals surface area contributed by atoms with Gasteiger partial charge in [0, 0.05) is 16.1 Å². The van der Waals surface area contributed by atoms with Crippen LogP contribution >= 0.6 is 15.9 Å². The first-order chi connectivity index (χ1) is 9.36. The Balaban J connectivity index is 3.07. The third kappa shape index (κ3) is 4.17. The van der Waals surface area contributed by atoms with E-state index >= 15 is 0 Å². The zero-order chi connectivity index (χ0) is 15.3. The zero-order valence-corrected chi connectivity index (χ0v) is 12.5. The predicted octanol–water partition coefficient (Wildman–Crippen LogP) is 2.35. The van der Waals surface area contributed by atoms with Gasteiger partial charge in [-0.3, -0.25) is 14.9 Å². The summed E-state index contributed by atoms with van der Waals surface area (Å²) >= 11 is 3.14. The summed E-state index contributed by atoms with van der Waals surface area (Å²) in [5.41, 5.74) is -0.00363. The highest BCUT2D eigenvalue weighted by atomic mass is 79.9. The molecule has 110 valence electrons. The van der Waals surface area contributed by atoms with Crippen molar-refractivity contribution in [2.45, 2.75) is 19.4 Å². The summed E-state index contributed by atoms with van der Waals surface area (Å²) in [5, 5.41) is 20.7. The molecule has 0 saturated heterocycles. The molecule has 1 aromatic carbocycles. The first-order valence-corrected chi connectivity index (χ1v) is 6.51. The molecule has 0 heterocycles. The average Bonchev–Trinajstić information content (AvgIpc) is 2.38. The second kappa shape index (κ2) is 7.20. The van der Waals surface area contributed by atoms with Crippen molar-refractivity contribution in [2.75, 3.05) is 13.7 Å². The van der Waals surface area contributed by atoms with E-state index in [4.69, 9.17) is 4.74 Å². The molecule has 0 spiro atoms. The first kappa shape index (κ1) is 16.4. The molecule has 0 aliphatic rings. The number of rotatable bonds is 6. The summed E-state index contributed by atoms with van der Waals surface area (Å²) in [6, 6.07) is 2.81. The lowest BCUT2D eigenvalue weighted by atomic mass is 10.1. The Kier molecular flexibility index (Phi) is 5.90. The van der Waals surface area contributed by atoms with E-state index in [0.717, 1.165) is 0 Å². The zero-order valence-electron chi connectivity index (χ0n) is 11.0. The van der Waals surface area contributed by atoms with E-state index in [1.807, 2.05) is 0 Å². The fraction of sp³-hybridized carbons (Fsp3) is 0.417. The van der Waals surface area contributed by atoms with Crippen LogP contribution in [-0.4, -0.2) is 29.7 Å². The van der Waals surface area contributed by atoms with Crippen molar-refractivity contribution in [1.29, 1.82) is 0 Å². The molecule has 0 aliphatic heterocycles. The standard InChI is InChI=1S/C12H14BrNO6/c1-7(15)9-5-8(13)6-10(14(17)18)12(9)20-4-3-11(16)19-2/h5-7,15H,3-4H2,1-2H3/t7-/m1/s1. The molecule has 0 unspecified atom stereocenters. The van der Waals surface area contributed by atoms with Crippen LogP contribution in [0.25, 0.3) is 0 Å². The van der Waals surface area contributed by atoms with Gasteiger partial charge in [0.2, 0.25) is 5.75 Å². The molecule has 8 heteroatoms. The maximum atomic E-state index is 11.0. The summed E-state index contributed by atoms with van der Waals surface area (Å²) in [6.07, 6.45) is -0.984. The van der Waals surface area contributed by atoms with Gasteiger partial charge in [-0.15, -0.1) is 0 Å². The van der Waals surface area contributed by atoms with Gasteiger partial charge in [0.25, 0.3) is 0 Å². The van der Waals surface area contributed by atoms with Crippen molar-refractivity contribution in [1.82, 2.24) is 0 Å². The molecule has 1 N–H and O–H groups in total. The Morgan fingerprint density at radius 1 is 1.55 bits per heavy atom. The molecule has 0 aliphatic carbocycles. The molecule has 0 saturated carbocycles. The number of nitro benzene ring substituents is 1. The highest BCUT2D eigenvalue weighted by Crippen LogP contribution is 2.37. The second-order valence-electron chi connectivity index (χ2n) is 3.95. The molecule has 0 fully saturated rings. The van der Waals surface area contributed by atoms with Gasteiger partial charge in [0.1, 0.15) is 0 Å². The third-order valence-corrected chi connectivity index (χ3v) is 2.95. The third-order valence-electron chi connectivity index (χ3n) is 2.49. The summed E-state index contributed by atoms with van der Waals surface area (Å²) in [5.74, 6) is -0.527. The number of ether oxygens (including phenoxy) is 2. The molecule has 0 aromatic heterocycles. The van der Waals surface area contributed by atoms with Gasteiger partial charge in [-0.05, 0) is 13.0 Å². The minimum absolute atomic E-state index is 0.0387. The number of aliphatic hydroxyl groups is 1. The molecular formula is C12H14BrNO6. The summed E-state index contributed by atoms with van der Waals surface area (Å²) in [7, 11) is 1.24. The normalized spacial score (nSPS) is 11.8. The number of hydrogen-bond acceptors (Lipinski definition) is 6. The van der Waals surface area contributed by atoms with Gasteiger partial charge in [-0.2, -0.15) is 0 Å². The van der Waals surface area contributed by atoms with Crippen LogP contribution in [0.2, 0.25) is 0 Å². The van der Waals surface area contributed by atoms with E-state index in [1.165, 1.54) is 26.2 Å². The lowest BCUT2D eigenvalue weighted by molar-refractivity contribution is -0.386. The molecule has 1 atom stereocenters. The van der Waals surface area contributed by atoms with E-state index in [0.29, 0.717) is 4.47 Å². The van der Waals surface area contributed by atoms with Crippen molar-refractivity contribution in [2.24, 2.45) is 0 Å². The van der Waals surface area contributed by atoms with E-state index in [9.17, 15) is 20.0 Å². The molecule has 0 amide bonds. The minimum Gasteiger partial charge on any atom is -0.486 e. The predicted molar refractivity (Wildman–Crippen MR) is 73.6 cm³/mol. The quantitative estimate of drug-likeness (QED) is 0.481. The van der Waals surface area contributed by atoms with Crippen molar-refractivity contribution in [3.8, 4) is 5.75 Å². The summed E-state index contributed by atoms with van der Waals surface area (Å²) in [4.78, 5) is 21.4. The van der Waals surface area contributed by atoms with Crippen molar-refractivity contribution in [3.05, 3.63) is 32.3 Å². The topological polar surface area (TPSA) is 98.9 Å². The number of carbonyl (C=O) groups excluding carboxylic acids is 1. The van der Waals surface area contributed by atoms with Crippen molar-refractivity contribution in [3.63, 3.8) is 0 Å². The number of benzene rings is 1. The Labute approximate surface area is 123 Å². The minimum atomic E-state index is -0.945. The molecule has 1 rings (SSSR count). The van der Waals surface area contributed by atoms with Crippen LogP contribution in [0.15, 0.2) is 16.6 Å². The number of aliphatic hydroxyl groups excluding tert-OH is 1. The molecule has 7 nitrogen and oxygen atoms in total.